The number of nitrogens with one attached hydrogen (secondary N) is 1. The van der Waals surface area contributed by atoms with Crippen molar-refractivity contribution in [3.05, 3.63) is 41.1 Å². The predicted molar refractivity (Wildman–Crippen MR) is 119 cm³/mol. The average Bonchev–Trinajstić information content (AvgIpc) is 3.14. The molecule has 0 bridgehead atoms. The van der Waals surface area contributed by atoms with Crippen molar-refractivity contribution in [2.75, 3.05) is 18.4 Å². The predicted octanol–water partition coefficient (Wildman–Crippen LogP) is 4.50. The van der Waals surface area contributed by atoms with Gasteiger partial charge in [-0.25, -0.2) is 13.5 Å². The molecule has 2 aliphatic heterocycles. The highest BCUT2D eigenvalue weighted by atomic mass is 19.3. The zero-order chi connectivity index (χ0) is 23.0. The molecule has 32 heavy (non-hydrogen) atoms. The smallest absolute Gasteiger partial charge is 0.263 e. The first kappa shape index (κ1) is 22.6. The topological polar surface area (TPSA) is 59.4 Å². The lowest BCUT2D eigenvalue weighted by atomic mass is 9.86. The van der Waals surface area contributed by atoms with E-state index in [9.17, 15) is 13.6 Å². The molecule has 1 N–H and O–H groups in total. The van der Waals surface area contributed by atoms with E-state index in [0.717, 1.165) is 29.7 Å². The number of carbonyl (C=O) groups excluding carboxylic acids is 1. The monoisotopic (exact) mass is 446 g/mol. The van der Waals surface area contributed by atoms with Gasteiger partial charge in [0.05, 0.1) is 5.69 Å². The Hall–Kier alpha value is -2.64. The van der Waals surface area contributed by atoms with E-state index in [-0.39, 0.29) is 17.9 Å². The van der Waals surface area contributed by atoms with Gasteiger partial charge >= 0.3 is 0 Å². The van der Waals surface area contributed by atoms with Gasteiger partial charge in [-0.2, -0.15) is 5.10 Å². The van der Waals surface area contributed by atoms with E-state index in [0.29, 0.717) is 31.1 Å². The average molecular weight is 447 g/mol. The number of fused-ring (bicyclic) bond motifs is 1. The Balaban J connectivity index is 1.43. The van der Waals surface area contributed by atoms with Crippen molar-refractivity contribution in [2.24, 2.45) is 5.92 Å². The van der Waals surface area contributed by atoms with Crippen molar-refractivity contribution in [1.82, 2.24) is 14.7 Å². The lowest BCUT2D eigenvalue weighted by Crippen LogP contribution is -2.50. The number of hydrogen-bond donors (Lipinski definition) is 1. The number of aromatic nitrogens is 2. The number of ether oxygens (including phenoxy) is 1. The van der Waals surface area contributed by atoms with Crippen molar-refractivity contribution < 1.29 is 18.3 Å². The molecule has 0 saturated carbocycles. The number of amides is 1. The van der Waals surface area contributed by atoms with E-state index in [2.05, 4.69) is 10.4 Å². The van der Waals surface area contributed by atoms with Crippen LogP contribution in [0.1, 0.15) is 49.0 Å². The highest BCUT2D eigenvalue weighted by Crippen LogP contribution is 2.36. The zero-order valence-electron chi connectivity index (χ0n) is 19.1. The van der Waals surface area contributed by atoms with Gasteiger partial charge < -0.3 is 15.0 Å². The fraction of sp³-hybridized carbons (Fsp3) is 0.583. The summed E-state index contributed by atoms with van der Waals surface area (Å²) in [4.78, 5) is 15.0. The van der Waals surface area contributed by atoms with Crippen LogP contribution in [0.3, 0.4) is 0 Å². The summed E-state index contributed by atoms with van der Waals surface area (Å²) in [7, 11) is 0. The molecule has 1 aromatic heterocycles. The minimum Gasteiger partial charge on any atom is -0.481 e. The molecule has 4 rings (SSSR count). The minimum absolute atomic E-state index is 0.0585. The number of piperidine rings is 1. The zero-order valence-corrected chi connectivity index (χ0v) is 19.1. The molecule has 4 atom stereocenters. The summed E-state index contributed by atoms with van der Waals surface area (Å²) in [5.74, 6) is 1.39. The van der Waals surface area contributed by atoms with Crippen LogP contribution < -0.4 is 10.1 Å². The Morgan fingerprint density at radius 1 is 1.25 bits per heavy atom. The highest BCUT2D eigenvalue weighted by molar-refractivity contribution is 5.81. The molecule has 2 aromatic rings. The molecule has 8 heteroatoms. The number of carbonyl (C=O) groups is 1. The van der Waals surface area contributed by atoms with Crippen LogP contribution in [0.25, 0.3) is 0 Å². The van der Waals surface area contributed by atoms with Crippen LogP contribution in [-0.4, -0.2) is 52.2 Å². The Bertz CT molecular complexity index is 977. The third-order valence-electron chi connectivity index (χ3n) is 6.61. The van der Waals surface area contributed by atoms with Crippen molar-refractivity contribution in [3.8, 4) is 5.75 Å². The maximum Gasteiger partial charge on any atom is 0.263 e. The molecule has 0 aliphatic carbocycles. The quantitative estimate of drug-likeness (QED) is 0.735. The largest absolute Gasteiger partial charge is 0.481 e. The summed E-state index contributed by atoms with van der Waals surface area (Å²) in [6.45, 7) is 8.78. The molecular formula is C24H32F2N4O2. The van der Waals surface area contributed by atoms with Gasteiger partial charge in [-0.05, 0) is 64.5 Å². The molecule has 174 valence electrons. The maximum atomic E-state index is 13.8. The van der Waals surface area contributed by atoms with Crippen molar-refractivity contribution in [2.45, 2.75) is 71.6 Å². The van der Waals surface area contributed by atoms with E-state index in [1.807, 2.05) is 49.9 Å². The Labute approximate surface area is 187 Å². The summed E-state index contributed by atoms with van der Waals surface area (Å²) in [5.41, 5.74) is 2.86. The molecule has 1 amide bonds. The van der Waals surface area contributed by atoms with E-state index >= 15 is 0 Å². The van der Waals surface area contributed by atoms with Crippen LogP contribution in [-0.2, 0) is 4.79 Å². The SMILES string of the molecule is Cc1ccc(O[C@@H](C)C(=O)N2CCC[C@H]([C@@H]3C[C@H](C(F)F)n4nc(C)cc4N3)C2)c(C)c1. The fourth-order valence-electron chi connectivity index (χ4n) is 4.97. The summed E-state index contributed by atoms with van der Waals surface area (Å²) in [5, 5.41) is 7.66. The number of alkyl halides is 2. The van der Waals surface area contributed by atoms with E-state index in [1.165, 1.54) is 4.68 Å². The first-order valence-corrected chi connectivity index (χ1v) is 11.4. The highest BCUT2D eigenvalue weighted by Gasteiger charge is 2.39. The second-order valence-electron chi connectivity index (χ2n) is 9.22. The number of rotatable bonds is 5. The van der Waals surface area contributed by atoms with Gasteiger partial charge in [0.1, 0.15) is 17.6 Å². The number of hydrogen-bond acceptors (Lipinski definition) is 4. The van der Waals surface area contributed by atoms with Gasteiger partial charge in [0, 0.05) is 25.2 Å². The van der Waals surface area contributed by atoms with Gasteiger partial charge in [0.2, 0.25) is 0 Å². The van der Waals surface area contributed by atoms with Crippen LogP contribution in [0, 0.1) is 26.7 Å². The lowest BCUT2D eigenvalue weighted by molar-refractivity contribution is -0.140. The van der Waals surface area contributed by atoms with Crippen molar-refractivity contribution >= 4 is 11.7 Å². The summed E-state index contributed by atoms with van der Waals surface area (Å²) in [6.07, 6.45) is -1.04. The number of anilines is 1. The fourth-order valence-corrected chi connectivity index (χ4v) is 4.97. The molecule has 6 nitrogen and oxygen atoms in total. The first-order valence-electron chi connectivity index (χ1n) is 11.4. The number of halogens is 2. The van der Waals surface area contributed by atoms with Crippen LogP contribution in [0.4, 0.5) is 14.6 Å². The van der Waals surface area contributed by atoms with Gasteiger partial charge in [-0.15, -0.1) is 0 Å². The van der Waals surface area contributed by atoms with E-state index in [1.54, 1.807) is 6.92 Å². The van der Waals surface area contributed by atoms with Crippen LogP contribution in [0.15, 0.2) is 24.3 Å². The van der Waals surface area contributed by atoms with Crippen LogP contribution >= 0.6 is 0 Å². The van der Waals surface area contributed by atoms with E-state index in [4.69, 9.17) is 4.74 Å². The Morgan fingerprint density at radius 2 is 2.03 bits per heavy atom. The minimum atomic E-state index is -2.48. The summed E-state index contributed by atoms with van der Waals surface area (Å²) >= 11 is 0. The molecule has 0 unspecified atom stereocenters. The van der Waals surface area contributed by atoms with Gasteiger partial charge in [-0.1, -0.05) is 17.7 Å². The Kier molecular flexibility index (Phi) is 6.40. The summed E-state index contributed by atoms with van der Waals surface area (Å²) in [6, 6.07) is 6.65. The number of likely N-dealkylation sites (tertiary alicyclic amines) is 1. The van der Waals surface area contributed by atoms with Gasteiger partial charge in [-0.3, -0.25) is 4.79 Å². The molecule has 3 heterocycles. The first-order chi connectivity index (χ1) is 15.2. The number of aryl methyl sites for hydroxylation is 3. The second kappa shape index (κ2) is 9.08. The maximum absolute atomic E-state index is 13.8. The molecule has 1 saturated heterocycles. The molecule has 1 aromatic carbocycles. The number of benzene rings is 1. The lowest BCUT2D eigenvalue weighted by Gasteiger charge is -2.41. The normalized spacial score (nSPS) is 24.1. The molecule has 0 radical (unpaired) electrons. The van der Waals surface area contributed by atoms with Crippen LogP contribution in [0.2, 0.25) is 0 Å². The van der Waals surface area contributed by atoms with E-state index < -0.39 is 18.6 Å². The Morgan fingerprint density at radius 3 is 2.75 bits per heavy atom. The van der Waals surface area contributed by atoms with Gasteiger partial charge in [0.25, 0.3) is 12.3 Å². The molecule has 1 fully saturated rings. The van der Waals surface area contributed by atoms with Crippen LogP contribution in [0.5, 0.6) is 5.75 Å². The van der Waals surface area contributed by atoms with Crippen molar-refractivity contribution in [1.29, 1.82) is 0 Å². The molecule has 0 spiro atoms. The standard InChI is InChI=1S/C24H32F2N4O2/c1-14-7-8-21(15(2)10-14)32-17(4)24(31)29-9-5-6-18(13-29)19-12-20(23(25)26)30-22(27-19)11-16(3)28-30/h7-8,10-11,17-20,23,27H,5-6,9,12-13H2,1-4H3/t17-,18-,19-,20+/m0/s1. The molecular weight excluding hydrogens is 414 g/mol. The third-order valence-corrected chi connectivity index (χ3v) is 6.61. The summed E-state index contributed by atoms with van der Waals surface area (Å²) < 4.78 is 34.9. The van der Waals surface area contributed by atoms with Crippen molar-refractivity contribution in [3.63, 3.8) is 0 Å². The number of nitrogens with zero attached hydrogens (tertiary/aromatic N) is 3. The van der Waals surface area contributed by atoms with Gasteiger partial charge in [0.15, 0.2) is 6.10 Å². The molecule has 2 aliphatic rings. The third kappa shape index (κ3) is 4.59. The second-order valence-corrected chi connectivity index (χ2v) is 9.22.